The third-order valence-corrected chi connectivity index (χ3v) is 5.43. The van der Waals surface area contributed by atoms with Gasteiger partial charge in [0.15, 0.2) is 16.3 Å². The van der Waals surface area contributed by atoms with Crippen molar-refractivity contribution in [3.8, 4) is 0 Å². The number of imidazole rings is 1. The van der Waals surface area contributed by atoms with Gasteiger partial charge in [-0.05, 0) is 11.6 Å². The number of hydrogen-bond acceptors (Lipinski definition) is 5. The van der Waals surface area contributed by atoms with Gasteiger partial charge in [-0.2, -0.15) is 0 Å². The highest BCUT2D eigenvalue weighted by Crippen LogP contribution is 2.25. The zero-order valence-electron chi connectivity index (χ0n) is 14.7. The number of halogens is 1. The minimum atomic E-state index is -0.404. The van der Waals surface area contributed by atoms with Crippen LogP contribution in [0, 0.1) is 0 Å². The van der Waals surface area contributed by atoms with E-state index in [1.165, 1.54) is 23.4 Å². The van der Waals surface area contributed by atoms with Crippen molar-refractivity contribution in [1.82, 2.24) is 18.7 Å². The van der Waals surface area contributed by atoms with Gasteiger partial charge in [-0.15, -0.1) is 0 Å². The van der Waals surface area contributed by atoms with Crippen LogP contribution < -0.4 is 11.2 Å². The summed E-state index contributed by atoms with van der Waals surface area (Å²) in [6.07, 6.45) is 0. The molecule has 3 aromatic rings. The molecule has 0 atom stereocenters. The zero-order valence-corrected chi connectivity index (χ0v) is 16.3. The number of hydrogen-bond donors (Lipinski definition) is 0. The quantitative estimate of drug-likeness (QED) is 0.471. The van der Waals surface area contributed by atoms with Crippen LogP contribution in [0.4, 0.5) is 0 Å². The van der Waals surface area contributed by atoms with Crippen LogP contribution in [0.2, 0.25) is 5.02 Å². The monoisotopic (exact) mass is 394 g/mol. The molecule has 1 aromatic carbocycles. The number of rotatable bonds is 6. The lowest BCUT2D eigenvalue weighted by atomic mass is 10.2. The predicted octanol–water partition coefficient (Wildman–Crippen LogP) is 1.87. The van der Waals surface area contributed by atoms with Crippen molar-refractivity contribution in [3.05, 3.63) is 55.7 Å². The number of nitrogens with zero attached hydrogens (tertiary/aromatic N) is 4. The van der Waals surface area contributed by atoms with Gasteiger partial charge in [0, 0.05) is 32.0 Å². The summed E-state index contributed by atoms with van der Waals surface area (Å²) in [6.45, 7) is 0.940. The maximum absolute atomic E-state index is 12.8. The zero-order chi connectivity index (χ0) is 18.8. The Kier molecular flexibility index (Phi) is 5.55. The summed E-state index contributed by atoms with van der Waals surface area (Å²) < 4.78 is 9.40. The van der Waals surface area contributed by atoms with Crippen molar-refractivity contribution in [3.63, 3.8) is 0 Å². The smallest absolute Gasteiger partial charge is 0.332 e. The summed E-state index contributed by atoms with van der Waals surface area (Å²) in [4.78, 5) is 29.5. The average molecular weight is 395 g/mol. The van der Waals surface area contributed by atoms with Gasteiger partial charge in [0.05, 0.1) is 13.2 Å². The Hall–Kier alpha value is -2.03. The van der Waals surface area contributed by atoms with Crippen LogP contribution in [0.1, 0.15) is 5.56 Å². The van der Waals surface area contributed by atoms with E-state index in [0.717, 1.165) is 10.1 Å². The van der Waals surface area contributed by atoms with Gasteiger partial charge in [-0.25, -0.2) is 9.78 Å². The Labute approximate surface area is 159 Å². The molecule has 0 spiro atoms. The third-order valence-electron chi connectivity index (χ3n) is 4.12. The molecule has 0 aliphatic heterocycles. The Morgan fingerprint density at radius 2 is 1.92 bits per heavy atom. The summed E-state index contributed by atoms with van der Waals surface area (Å²) >= 11 is 7.77. The third kappa shape index (κ3) is 3.32. The average Bonchev–Trinajstić information content (AvgIpc) is 2.99. The molecule has 0 fully saturated rings. The van der Waals surface area contributed by atoms with Gasteiger partial charge in [0.1, 0.15) is 0 Å². The van der Waals surface area contributed by atoms with Crippen molar-refractivity contribution in [2.75, 3.05) is 19.5 Å². The molecule has 7 nitrogen and oxygen atoms in total. The van der Waals surface area contributed by atoms with Crippen LogP contribution in [-0.2, 0) is 25.4 Å². The highest BCUT2D eigenvalue weighted by Gasteiger charge is 2.20. The number of fused-ring (bicyclic) bond motifs is 1. The van der Waals surface area contributed by atoms with Gasteiger partial charge in [-0.1, -0.05) is 41.6 Å². The van der Waals surface area contributed by atoms with Crippen LogP contribution in [-0.4, -0.2) is 38.2 Å². The van der Waals surface area contributed by atoms with Crippen molar-refractivity contribution in [2.24, 2.45) is 14.1 Å². The number of thioether (sulfide) groups is 1. The summed E-state index contributed by atoms with van der Waals surface area (Å²) in [6, 6.07) is 7.46. The molecule has 0 aliphatic rings. The van der Waals surface area contributed by atoms with Crippen molar-refractivity contribution in [1.29, 1.82) is 0 Å². The minimum Gasteiger partial charge on any atom is -0.384 e. The number of aryl methyl sites for hydroxylation is 1. The maximum atomic E-state index is 12.8. The molecule has 0 saturated heterocycles. The summed E-state index contributed by atoms with van der Waals surface area (Å²) in [5.74, 6) is 0.677. The lowest BCUT2D eigenvalue weighted by molar-refractivity contribution is 0.218. The molecule has 0 saturated carbocycles. The Morgan fingerprint density at radius 1 is 1.19 bits per heavy atom. The molecular weight excluding hydrogens is 376 g/mol. The topological polar surface area (TPSA) is 71.1 Å². The molecule has 9 heteroatoms. The van der Waals surface area contributed by atoms with E-state index >= 15 is 0 Å². The SMILES string of the molecule is COCCSc1nc2c(c(=O)n(C)c(=O)n2C)n1Cc1ccccc1Cl. The highest BCUT2D eigenvalue weighted by atomic mass is 35.5. The van der Waals surface area contributed by atoms with E-state index in [9.17, 15) is 9.59 Å². The van der Waals surface area contributed by atoms with E-state index in [2.05, 4.69) is 4.98 Å². The number of aromatic nitrogens is 4. The van der Waals surface area contributed by atoms with E-state index in [1.54, 1.807) is 14.2 Å². The van der Waals surface area contributed by atoms with Gasteiger partial charge in [0.25, 0.3) is 5.56 Å². The largest absolute Gasteiger partial charge is 0.384 e. The Bertz CT molecular complexity index is 1070. The molecule has 0 aliphatic carbocycles. The minimum absolute atomic E-state index is 0.366. The molecule has 0 unspecified atom stereocenters. The van der Waals surface area contributed by atoms with Crippen LogP contribution >= 0.6 is 23.4 Å². The van der Waals surface area contributed by atoms with E-state index < -0.39 is 5.69 Å². The molecule has 138 valence electrons. The second kappa shape index (κ2) is 7.69. The van der Waals surface area contributed by atoms with Crippen LogP contribution in [0.25, 0.3) is 11.2 Å². The molecular formula is C17H19ClN4O3S. The normalized spacial score (nSPS) is 11.4. The first kappa shape index (κ1) is 18.8. The van der Waals surface area contributed by atoms with E-state index in [1.807, 2.05) is 28.8 Å². The standard InChI is InChI=1S/C17H19ClN4O3S/c1-20-14-13(15(23)21(2)17(20)24)22(16(19-14)26-9-8-25-3)10-11-6-4-5-7-12(11)18/h4-7H,8-10H2,1-3H3. The molecule has 0 amide bonds. The lowest BCUT2D eigenvalue weighted by Crippen LogP contribution is -2.37. The molecule has 3 rings (SSSR count). The highest BCUT2D eigenvalue weighted by molar-refractivity contribution is 7.99. The van der Waals surface area contributed by atoms with E-state index in [0.29, 0.717) is 40.2 Å². The fraction of sp³-hybridized carbons (Fsp3) is 0.353. The Balaban J connectivity index is 2.23. The van der Waals surface area contributed by atoms with Crippen molar-refractivity contribution >= 4 is 34.5 Å². The second-order valence-corrected chi connectivity index (χ2v) is 7.26. The van der Waals surface area contributed by atoms with Gasteiger partial charge < -0.3 is 9.30 Å². The van der Waals surface area contributed by atoms with E-state index in [-0.39, 0.29) is 5.56 Å². The number of benzene rings is 1. The molecule has 2 heterocycles. The maximum Gasteiger partial charge on any atom is 0.332 e. The number of methoxy groups -OCH3 is 1. The molecule has 26 heavy (non-hydrogen) atoms. The van der Waals surface area contributed by atoms with Crippen molar-refractivity contribution in [2.45, 2.75) is 11.7 Å². The summed E-state index contributed by atoms with van der Waals surface area (Å²) in [7, 11) is 4.71. The fourth-order valence-corrected chi connectivity index (χ4v) is 3.79. The first-order valence-electron chi connectivity index (χ1n) is 7.97. The predicted molar refractivity (Wildman–Crippen MR) is 103 cm³/mol. The van der Waals surface area contributed by atoms with Gasteiger partial charge in [-0.3, -0.25) is 13.9 Å². The number of ether oxygens (including phenoxy) is 1. The Morgan fingerprint density at radius 3 is 2.62 bits per heavy atom. The molecule has 0 N–H and O–H groups in total. The van der Waals surface area contributed by atoms with Gasteiger partial charge in [0.2, 0.25) is 0 Å². The van der Waals surface area contributed by atoms with E-state index in [4.69, 9.17) is 16.3 Å². The molecule has 0 bridgehead atoms. The fourth-order valence-electron chi connectivity index (χ4n) is 2.70. The van der Waals surface area contributed by atoms with Crippen LogP contribution in [0.5, 0.6) is 0 Å². The summed E-state index contributed by atoms with van der Waals surface area (Å²) in [5, 5.41) is 1.26. The second-order valence-electron chi connectivity index (χ2n) is 5.79. The molecule has 0 radical (unpaired) electrons. The first-order chi connectivity index (χ1) is 12.5. The van der Waals surface area contributed by atoms with Crippen LogP contribution in [0.15, 0.2) is 39.0 Å². The first-order valence-corrected chi connectivity index (χ1v) is 9.33. The molecule has 2 aromatic heterocycles. The van der Waals surface area contributed by atoms with Crippen LogP contribution in [0.3, 0.4) is 0 Å². The lowest BCUT2D eigenvalue weighted by Gasteiger charge is -2.10. The summed E-state index contributed by atoms with van der Waals surface area (Å²) in [5.41, 5.74) is 0.844. The van der Waals surface area contributed by atoms with Gasteiger partial charge >= 0.3 is 5.69 Å². The van der Waals surface area contributed by atoms with Crippen molar-refractivity contribution < 1.29 is 4.74 Å².